The van der Waals surface area contributed by atoms with Gasteiger partial charge in [0, 0.05) is 0 Å². The summed E-state index contributed by atoms with van der Waals surface area (Å²) < 4.78 is 41.9. The van der Waals surface area contributed by atoms with E-state index < -0.39 is 15.9 Å². The maximum absolute atomic E-state index is 12.5. The lowest BCUT2D eigenvalue weighted by Crippen LogP contribution is -2.44. The molecule has 0 fully saturated rings. The van der Waals surface area contributed by atoms with E-state index in [2.05, 4.69) is 5.32 Å². The SMILES string of the molecule is COc1ccc(OCC(C)NC(=O)CN(c2ccc(OC(C)C)cc2)S(C)(=O)=O)cc1. The Kier molecular flexibility index (Phi) is 8.56. The molecule has 2 rings (SSSR count). The van der Waals surface area contributed by atoms with Gasteiger partial charge in [-0.3, -0.25) is 9.10 Å². The number of carbonyl (C=O) groups excluding carboxylic acids is 1. The summed E-state index contributed by atoms with van der Waals surface area (Å²) in [5, 5.41) is 2.76. The fraction of sp³-hybridized carbons (Fsp3) is 0.409. The van der Waals surface area contributed by atoms with Gasteiger partial charge in [-0.25, -0.2) is 8.42 Å². The number of amides is 1. The Morgan fingerprint density at radius 3 is 2.03 bits per heavy atom. The molecule has 8 nitrogen and oxygen atoms in total. The second kappa shape index (κ2) is 10.9. The Morgan fingerprint density at radius 1 is 0.968 bits per heavy atom. The molecule has 0 heterocycles. The molecule has 1 amide bonds. The van der Waals surface area contributed by atoms with Crippen molar-refractivity contribution in [1.29, 1.82) is 0 Å². The minimum Gasteiger partial charge on any atom is -0.497 e. The fourth-order valence-corrected chi connectivity index (χ4v) is 3.61. The maximum Gasteiger partial charge on any atom is 0.241 e. The van der Waals surface area contributed by atoms with Crippen LogP contribution in [0.5, 0.6) is 17.2 Å². The first-order valence-electron chi connectivity index (χ1n) is 9.89. The van der Waals surface area contributed by atoms with Gasteiger partial charge < -0.3 is 19.5 Å². The van der Waals surface area contributed by atoms with Gasteiger partial charge in [-0.05, 0) is 69.3 Å². The van der Waals surface area contributed by atoms with E-state index in [0.717, 1.165) is 16.3 Å². The monoisotopic (exact) mass is 450 g/mol. The van der Waals surface area contributed by atoms with E-state index >= 15 is 0 Å². The Labute approximate surface area is 184 Å². The number of anilines is 1. The van der Waals surface area contributed by atoms with E-state index in [-0.39, 0.29) is 25.3 Å². The van der Waals surface area contributed by atoms with Crippen LogP contribution in [0.3, 0.4) is 0 Å². The van der Waals surface area contributed by atoms with Crippen LogP contribution in [0.4, 0.5) is 5.69 Å². The van der Waals surface area contributed by atoms with Crippen LogP contribution in [-0.4, -0.2) is 53.0 Å². The van der Waals surface area contributed by atoms with Gasteiger partial charge in [-0.15, -0.1) is 0 Å². The Bertz CT molecular complexity index is 943. The summed E-state index contributed by atoms with van der Waals surface area (Å²) in [5.74, 6) is 1.56. The molecule has 1 atom stereocenters. The van der Waals surface area contributed by atoms with E-state index in [1.54, 1.807) is 62.6 Å². The molecular weight excluding hydrogens is 420 g/mol. The lowest BCUT2D eigenvalue weighted by molar-refractivity contribution is -0.120. The molecule has 0 saturated heterocycles. The van der Waals surface area contributed by atoms with Gasteiger partial charge in [0.05, 0.1) is 31.2 Å². The summed E-state index contributed by atoms with van der Waals surface area (Å²) in [7, 11) is -2.07. The zero-order chi connectivity index (χ0) is 23.0. The molecule has 9 heteroatoms. The van der Waals surface area contributed by atoms with Gasteiger partial charge in [-0.1, -0.05) is 0 Å². The minimum atomic E-state index is -3.66. The summed E-state index contributed by atoms with van der Waals surface area (Å²) >= 11 is 0. The highest BCUT2D eigenvalue weighted by atomic mass is 32.2. The second-order valence-electron chi connectivity index (χ2n) is 7.39. The highest BCUT2D eigenvalue weighted by molar-refractivity contribution is 7.92. The first-order valence-corrected chi connectivity index (χ1v) is 11.7. The van der Waals surface area contributed by atoms with Crippen molar-refractivity contribution in [3.63, 3.8) is 0 Å². The molecule has 2 aromatic carbocycles. The number of hydrogen-bond donors (Lipinski definition) is 1. The second-order valence-corrected chi connectivity index (χ2v) is 9.29. The van der Waals surface area contributed by atoms with Crippen molar-refractivity contribution in [3.05, 3.63) is 48.5 Å². The van der Waals surface area contributed by atoms with Crippen LogP contribution in [0.1, 0.15) is 20.8 Å². The third-order valence-electron chi connectivity index (χ3n) is 4.15. The Morgan fingerprint density at radius 2 is 1.52 bits per heavy atom. The van der Waals surface area contributed by atoms with Crippen molar-refractivity contribution in [2.45, 2.75) is 32.9 Å². The summed E-state index contributed by atoms with van der Waals surface area (Å²) in [6.07, 6.45) is 1.07. The number of nitrogens with one attached hydrogen (secondary N) is 1. The summed E-state index contributed by atoms with van der Waals surface area (Å²) in [6, 6.07) is 13.4. The lowest BCUT2D eigenvalue weighted by atomic mass is 10.3. The summed E-state index contributed by atoms with van der Waals surface area (Å²) in [4.78, 5) is 12.5. The number of nitrogens with zero attached hydrogens (tertiary/aromatic N) is 1. The van der Waals surface area contributed by atoms with Crippen LogP contribution in [0.25, 0.3) is 0 Å². The van der Waals surface area contributed by atoms with Crippen molar-refractivity contribution in [3.8, 4) is 17.2 Å². The van der Waals surface area contributed by atoms with E-state index in [9.17, 15) is 13.2 Å². The average Bonchev–Trinajstić information content (AvgIpc) is 2.70. The first kappa shape index (κ1) is 24.3. The van der Waals surface area contributed by atoms with Gasteiger partial charge in [0.1, 0.15) is 30.4 Å². The van der Waals surface area contributed by atoms with Crippen LogP contribution in [0, 0.1) is 0 Å². The molecule has 0 aromatic heterocycles. The van der Waals surface area contributed by atoms with Crippen molar-refractivity contribution in [1.82, 2.24) is 5.32 Å². The molecule has 0 aliphatic carbocycles. The predicted molar refractivity (Wildman–Crippen MR) is 120 cm³/mol. The maximum atomic E-state index is 12.5. The number of rotatable bonds is 11. The Hall–Kier alpha value is -2.94. The first-order chi connectivity index (χ1) is 14.6. The predicted octanol–water partition coefficient (Wildman–Crippen LogP) is 2.83. The number of carbonyl (C=O) groups is 1. The normalized spacial score (nSPS) is 12.2. The number of hydrogen-bond acceptors (Lipinski definition) is 6. The lowest BCUT2D eigenvalue weighted by Gasteiger charge is -2.23. The number of ether oxygens (including phenoxy) is 3. The number of sulfonamides is 1. The minimum absolute atomic E-state index is 0.00394. The Balaban J connectivity index is 1.95. The molecule has 0 spiro atoms. The largest absolute Gasteiger partial charge is 0.497 e. The standard InChI is InChI=1S/C22H30N2O6S/c1-16(2)30-21-8-6-18(7-9-21)24(31(5,26)27)14-22(25)23-17(3)15-29-20-12-10-19(28-4)11-13-20/h6-13,16-17H,14-15H2,1-5H3,(H,23,25). The smallest absolute Gasteiger partial charge is 0.241 e. The van der Waals surface area contributed by atoms with Crippen LogP contribution in [-0.2, 0) is 14.8 Å². The van der Waals surface area contributed by atoms with E-state index in [0.29, 0.717) is 17.2 Å². The summed E-state index contributed by atoms with van der Waals surface area (Å²) in [6.45, 7) is 5.49. The molecule has 0 bridgehead atoms. The van der Waals surface area contributed by atoms with Gasteiger partial charge in [-0.2, -0.15) is 0 Å². The molecule has 0 aliphatic rings. The molecule has 0 aliphatic heterocycles. The third kappa shape index (κ3) is 8.01. The highest BCUT2D eigenvalue weighted by Gasteiger charge is 2.22. The van der Waals surface area contributed by atoms with E-state index in [1.165, 1.54) is 0 Å². The average molecular weight is 451 g/mol. The summed E-state index contributed by atoms with van der Waals surface area (Å²) in [5.41, 5.74) is 0.385. The molecule has 170 valence electrons. The number of benzene rings is 2. The van der Waals surface area contributed by atoms with Crippen molar-refractivity contribution < 1.29 is 27.4 Å². The van der Waals surface area contributed by atoms with Crippen molar-refractivity contribution >= 4 is 21.6 Å². The molecule has 0 saturated carbocycles. The molecule has 2 aromatic rings. The van der Waals surface area contributed by atoms with Crippen molar-refractivity contribution in [2.75, 3.05) is 30.8 Å². The highest BCUT2D eigenvalue weighted by Crippen LogP contribution is 2.22. The van der Waals surface area contributed by atoms with Gasteiger partial charge in [0.2, 0.25) is 15.9 Å². The molecule has 1 unspecified atom stereocenters. The molecule has 31 heavy (non-hydrogen) atoms. The molecule has 0 radical (unpaired) electrons. The van der Waals surface area contributed by atoms with Gasteiger partial charge >= 0.3 is 0 Å². The van der Waals surface area contributed by atoms with Crippen LogP contribution < -0.4 is 23.8 Å². The third-order valence-corrected chi connectivity index (χ3v) is 5.29. The fourth-order valence-electron chi connectivity index (χ4n) is 2.75. The van der Waals surface area contributed by atoms with E-state index in [4.69, 9.17) is 14.2 Å². The van der Waals surface area contributed by atoms with Crippen LogP contribution in [0.15, 0.2) is 48.5 Å². The van der Waals surface area contributed by atoms with Crippen molar-refractivity contribution in [2.24, 2.45) is 0 Å². The van der Waals surface area contributed by atoms with Gasteiger partial charge in [0.25, 0.3) is 0 Å². The zero-order valence-electron chi connectivity index (χ0n) is 18.5. The van der Waals surface area contributed by atoms with Gasteiger partial charge in [0.15, 0.2) is 0 Å². The topological polar surface area (TPSA) is 94.2 Å². The van der Waals surface area contributed by atoms with E-state index in [1.807, 2.05) is 13.8 Å². The molecular formula is C22H30N2O6S. The van der Waals surface area contributed by atoms with Crippen LogP contribution in [0.2, 0.25) is 0 Å². The molecule has 1 N–H and O–H groups in total. The quantitative estimate of drug-likeness (QED) is 0.566. The number of methoxy groups -OCH3 is 1. The van der Waals surface area contributed by atoms with Crippen LogP contribution >= 0.6 is 0 Å². The zero-order valence-corrected chi connectivity index (χ0v) is 19.3.